The number of hydrogen-bond acceptors (Lipinski definition) is 3. The van der Waals surface area contributed by atoms with E-state index in [9.17, 15) is 4.79 Å². The molecule has 21 heavy (non-hydrogen) atoms. The standard InChI is InChI=1S/C18H18O2S/c1-20-17(19)12-21-18-15-8-4-2-6-13(15)10-11-14-7-3-5-9-16(14)18/h2-9,18H,10-12H2,1H3. The summed E-state index contributed by atoms with van der Waals surface area (Å²) in [6.07, 6.45) is 2.12. The minimum Gasteiger partial charge on any atom is -0.468 e. The Labute approximate surface area is 129 Å². The Morgan fingerprint density at radius 2 is 1.57 bits per heavy atom. The lowest BCUT2D eigenvalue weighted by molar-refractivity contribution is -0.137. The molecule has 0 radical (unpaired) electrons. The van der Waals surface area contributed by atoms with Crippen LogP contribution in [-0.2, 0) is 22.4 Å². The van der Waals surface area contributed by atoms with E-state index < -0.39 is 0 Å². The molecule has 0 saturated carbocycles. The maximum Gasteiger partial charge on any atom is 0.315 e. The Morgan fingerprint density at radius 3 is 2.10 bits per heavy atom. The number of esters is 1. The van der Waals surface area contributed by atoms with Crippen molar-refractivity contribution in [2.24, 2.45) is 0 Å². The number of aryl methyl sites for hydroxylation is 2. The number of ether oxygens (including phenoxy) is 1. The summed E-state index contributed by atoms with van der Waals surface area (Å²) in [5, 5.41) is 0.207. The van der Waals surface area contributed by atoms with Crippen LogP contribution in [0.2, 0.25) is 0 Å². The summed E-state index contributed by atoms with van der Waals surface area (Å²) in [6, 6.07) is 17.1. The molecule has 2 nitrogen and oxygen atoms in total. The molecule has 0 bridgehead atoms. The van der Waals surface area contributed by atoms with E-state index in [2.05, 4.69) is 48.5 Å². The highest BCUT2D eigenvalue weighted by molar-refractivity contribution is 8.00. The van der Waals surface area contributed by atoms with Gasteiger partial charge >= 0.3 is 5.97 Å². The second kappa shape index (κ2) is 6.35. The van der Waals surface area contributed by atoms with E-state index in [0.717, 1.165) is 12.8 Å². The van der Waals surface area contributed by atoms with Crippen molar-refractivity contribution < 1.29 is 9.53 Å². The number of carbonyl (C=O) groups is 1. The lowest BCUT2D eigenvalue weighted by Crippen LogP contribution is -2.07. The maximum atomic E-state index is 11.5. The third-order valence-corrected chi connectivity index (χ3v) is 5.18. The van der Waals surface area contributed by atoms with E-state index >= 15 is 0 Å². The Bertz CT molecular complexity index is 604. The van der Waals surface area contributed by atoms with Crippen LogP contribution in [0.25, 0.3) is 0 Å². The molecule has 0 heterocycles. The summed E-state index contributed by atoms with van der Waals surface area (Å²) in [7, 11) is 1.44. The van der Waals surface area contributed by atoms with Crippen LogP contribution >= 0.6 is 11.8 Å². The first-order chi connectivity index (χ1) is 10.3. The third kappa shape index (κ3) is 2.98. The first kappa shape index (κ1) is 14.2. The monoisotopic (exact) mass is 298 g/mol. The molecule has 0 unspecified atom stereocenters. The highest BCUT2D eigenvalue weighted by Crippen LogP contribution is 2.41. The summed E-state index contributed by atoms with van der Waals surface area (Å²) in [5.41, 5.74) is 5.43. The molecule has 0 aliphatic heterocycles. The molecule has 0 saturated heterocycles. The molecule has 2 aromatic carbocycles. The number of carbonyl (C=O) groups excluding carboxylic acids is 1. The van der Waals surface area contributed by atoms with Crippen LogP contribution in [0.4, 0.5) is 0 Å². The molecule has 0 atom stereocenters. The second-order valence-electron chi connectivity index (χ2n) is 5.16. The lowest BCUT2D eigenvalue weighted by atomic mass is 10.00. The van der Waals surface area contributed by atoms with Crippen LogP contribution in [0.1, 0.15) is 27.5 Å². The van der Waals surface area contributed by atoms with Gasteiger partial charge < -0.3 is 4.74 Å². The molecule has 3 rings (SSSR count). The molecule has 3 heteroatoms. The number of fused-ring (bicyclic) bond motifs is 2. The molecule has 0 aromatic heterocycles. The SMILES string of the molecule is COC(=O)CSC1c2ccccc2CCc2ccccc21. The minimum absolute atomic E-state index is 0.167. The van der Waals surface area contributed by atoms with Crippen molar-refractivity contribution in [2.45, 2.75) is 18.1 Å². The zero-order valence-electron chi connectivity index (χ0n) is 12.0. The molecule has 108 valence electrons. The van der Waals surface area contributed by atoms with Gasteiger partial charge in [0.15, 0.2) is 0 Å². The van der Waals surface area contributed by atoms with Crippen molar-refractivity contribution in [1.29, 1.82) is 0 Å². The van der Waals surface area contributed by atoms with Gasteiger partial charge in [-0.2, -0.15) is 0 Å². The summed E-state index contributed by atoms with van der Waals surface area (Å²) >= 11 is 1.65. The number of hydrogen-bond donors (Lipinski definition) is 0. The Kier molecular flexibility index (Phi) is 4.30. The average Bonchev–Trinajstić information content (AvgIpc) is 2.69. The van der Waals surface area contributed by atoms with Crippen LogP contribution in [0.15, 0.2) is 48.5 Å². The van der Waals surface area contributed by atoms with Gasteiger partial charge in [-0.3, -0.25) is 4.79 Å². The summed E-state index contributed by atoms with van der Waals surface area (Å²) < 4.78 is 4.79. The molecule has 1 aliphatic rings. The zero-order chi connectivity index (χ0) is 14.7. The van der Waals surface area contributed by atoms with E-state index in [-0.39, 0.29) is 11.2 Å². The lowest BCUT2D eigenvalue weighted by Gasteiger charge is -2.19. The van der Waals surface area contributed by atoms with Gasteiger partial charge in [0.25, 0.3) is 0 Å². The molecule has 0 amide bonds. The van der Waals surface area contributed by atoms with Crippen molar-refractivity contribution in [3.05, 3.63) is 70.8 Å². The van der Waals surface area contributed by atoms with Gasteiger partial charge in [-0.1, -0.05) is 48.5 Å². The van der Waals surface area contributed by atoms with Gasteiger partial charge in [0.2, 0.25) is 0 Å². The highest BCUT2D eigenvalue weighted by Gasteiger charge is 2.24. The van der Waals surface area contributed by atoms with E-state index in [4.69, 9.17) is 4.74 Å². The fraction of sp³-hybridized carbons (Fsp3) is 0.278. The molecule has 0 fully saturated rings. The van der Waals surface area contributed by atoms with Crippen LogP contribution in [0, 0.1) is 0 Å². The normalized spacial score (nSPS) is 14.0. The molecule has 0 N–H and O–H groups in total. The van der Waals surface area contributed by atoms with Gasteiger partial charge in [-0.25, -0.2) is 0 Å². The molecular weight excluding hydrogens is 280 g/mol. The molecule has 0 spiro atoms. The summed E-state index contributed by atoms with van der Waals surface area (Å²) in [4.78, 5) is 11.5. The number of benzene rings is 2. The predicted octanol–water partition coefficient (Wildman–Crippen LogP) is 3.78. The molecule has 2 aromatic rings. The highest BCUT2D eigenvalue weighted by atomic mass is 32.2. The number of methoxy groups -OCH3 is 1. The number of thioether (sulfide) groups is 1. The van der Waals surface area contributed by atoms with Crippen molar-refractivity contribution in [1.82, 2.24) is 0 Å². The summed E-state index contributed by atoms with van der Waals surface area (Å²) in [6.45, 7) is 0. The smallest absolute Gasteiger partial charge is 0.315 e. The number of rotatable bonds is 3. The first-order valence-corrected chi connectivity index (χ1v) is 8.18. The van der Waals surface area contributed by atoms with Crippen LogP contribution < -0.4 is 0 Å². The minimum atomic E-state index is -0.167. The predicted molar refractivity (Wildman–Crippen MR) is 86.6 cm³/mol. The fourth-order valence-electron chi connectivity index (χ4n) is 2.86. The van der Waals surface area contributed by atoms with Crippen LogP contribution in [0.5, 0.6) is 0 Å². The van der Waals surface area contributed by atoms with E-state index in [1.165, 1.54) is 29.4 Å². The largest absolute Gasteiger partial charge is 0.468 e. The van der Waals surface area contributed by atoms with Gasteiger partial charge in [0, 0.05) is 0 Å². The van der Waals surface area contributed by atoms with E-state index in [1.807, 2.05) is 0 Å². The fourth-order valence-corrected chi connectivity index (χ4v) is 4.10. The zero-order valence-corrected chi connectivity index (χ0v) is 12.9. The van der Waals surface area contributed by atoms with Crippen molar-refractivity contribution in [3.8, 4) is 0 Å². The first-order valence-electron chi connectivity index (χ1n) is 7.13. The molecular formula is C18H18O2S. The Balaban J connectivity index is 2.00. The van der Waals surface area contributed by atoms with Crippen molar-refractivity contribution >= 4 is 17.7 Å². The van der Waals surface area contributed by atoms with E-state index in [0.29, 0.717) is 5.75 Å². The molecule has 1 aliphatic carbocycles. The summed E-state index contributed by atoms with van der Waals surface area (Å²) in [5.74, 6) is 0.211. The Hall–Kier alpha value is -1.74. The van der Waals surface area contributed by atoms with Crippen LogP contribution in [0.3, 0.4) is 0 Å². The maximum absolute atomic E-state index is 11.5. The van der Waals surface area contributed by atoms with Gasteiger partial charge in [-0.15, -0.1) is 11.8 Å². The second-order valence-corrected chi connectivity index (χ2v) is 6.26. The quantitative estimate of drug-likeness (QED) is 0.807. The van der Waals surface area contributed by atoms with Gasteiger partial charge in [0.05, 0.1) is 18.1 Å². The third-order valence-electron chi connectivity index (χ3n) is 3.93. The average molecular weight is 298 g/mol. The van der Waals surface area contributed by atoms with Gasteiger partial charge in [-0.05, 0) is 35.1 Å². The Morgan fingerprint density at radius 1 is 1.05 bits per heavy atom. The van der Waals surface area contributed by atoms with Crippen molar-refractivity contribution in [2.75, 3.05) is 12.9 Å². The van der Waals surface area contributed by atoms with E-state index in [1.54, 1.807) is 11.8 Å². The van der Waals surface area contributed by atoms with Crippen molar-refractivity contribution in [3.63, 3.8) is 0 Å². The van der Waals surface area contributed by atoms with Gasteiger partial charge in [0.1, 0.15) is 0 Å². The topological polar surface area (TPSA) is 26.3 Å². The van der Waals surface area contributed by atoms with Crippen LogP contribution in [-0.4, -0.2) is 18.8 Å².